The fourth-order valence-corrected chi connectivity index (χ4v) is 4.07. The van der Waals surface area contributed by atoms with Crippen molar-refractivity contribution in [2.75, 3.05) is 32.7 Å². The van der Waals surface area contributed by atoms with Gasteiger partial charge in [-0.3, -0.25) is 9.69 Å². The molecule has 150 valence electrons. The summed E-state index contributed by atoms with van der Waals surface area (Å²) in [5, 5.41) is 7.53. The van der Waals surface area contributed by atoms with E-state index < -0.39 is 0 Å². The van der Waals surface area contributed by atoms with Crippen LogP contribution in [0.25, 0.3) is 11.4 Å². The first kappa shape index (κ1) is 19.1. The highest BCUT2D eigenvalue weighted by Gasteiger charge is 2.30. The number of benzene rings is 1. The molecule has 3 heterocycles. The van der Waals surface area contributed by atoms with E-state index in [2.05, 4.69) is 34.2 Å². The lowest BCUT2D eigenvalue weighted by Gasteiger charge is -2.37. The minimum atomic E-state index is 0.177. The summed E-state index contributed by atoms with van der Waals surface area (Å²) in [5.74, 6) is 1.76. The third-order valence-corrected chi connectivity index (χ3v) is 5.79. The van der Waals surface area contributed by atoms with Crippen molar-refractivity contribution in [3.05, 3.63) is 35.7 Å². The fraction of sp³-hybridized carbons (Fsp3) is 0.571. The quantitative estimate of drug-likeness (QED) is 0.871. The smallest absolute Gasteiger partial charge is 0.241 e. The third kappa shape index (κ3) is 4.42. The summed E-state index contributed by atoms with van der Waals surface area (Å²) in [6.45, 7) is 9.02. The molecule has 4 rings (SSSR count). The molecule has 2 fully saturated rings. The second-order valence-corrected chi connectivity index (χ2v) is 8.06. The molecule has 0 bridgehead atoms. The van der Waals surface area contributed by atoms with E-state index in [9.17, 15) is 4.79 Å². The van der Waals surface area contributed by atoms with Crippen LogP contribution >= 0.6 is 0 Å². The standard InChI is InChI=1S/C21H29N5O2/c1-15-3-5-17(6-4-15)20-23-19(28-24-20)14-25-9-11-26(12-10-25)21(27)18-7-8-22-16(2)13-18/h3-6,16,18,22H,7-14H2,1-2H3/t16-,18-/m0/s1. The zero-order chi connectivity index (χ0) is 19.5. The second-order valence-electron chi connectivity index (χ2n) is 8.06. The van der Waals surface area contributed by atoms with Gasteiger partial charge in [-0.05, 0) is 33.2 Å². The van der Waals surface area contributed by atoms with E-state index in [-0.39, 0.29) is 5.92 Å². The molecule has 0 aliphatic carbocycles. The molecule has 0 unspecified atom stereocenters. The first-order valence-electron chi connectivity index (χ1n) is 10.2. The summed E-state index contributed by atoms with van der Waals surface area (Å²) in [5.41, 5.74) is 2.17. The molecule has 1 N–H and O–H groups in total. The van der Waals surface area contributed by atoms with Crippen LogP contribution in [0.5, 0.6) is 0 Å². The van der Waals surface area contributed by atoms with Crippen LogP contribution in [-0.2, 0) is 11.3 Å². The summed E-state index contributed by atoms with van der Waals surface area (Å²) in [7, 11) is 0. The minimum absolute atomic E-state index is 0.177. The summed E-state index contributed by atoms with van der Waals surface area (Å²) in [6, 6.07) is 8.55. The van der Waals surface area contributed by atoms with Gasteiger partial charge in [0.2, 0.25) is 17.6 Å². The normalized spacial score (nSPS) is 23.7. The maximum absolute atomic E-state index is 12.8. The van der Waals surface area contributed by atoms with Gasteiger partial charge < -0.3 is 14.7 Å². The molecule has 2 saturated heterocycles. The number of hydrogen-bond acceptors (Lipinski definition) is 6. The monoisotopic (exact) mass is 383 g/mol. The minimum Gasteiger partial charge on any atom is -0.340 e. The zero-order valence-corrected chi connectivity index (χ0v) is 16.7. The van der Waals surface area contributed by atoms with Gasteiger partial charge in [-0.15, -0.1) is 0 Å². The van der Waals surface area contributed by atoms with Crippen molar-refractivity contribution in [1.82, 2.24) is 25.3 Å². The molecule has 2 aliphatic heterocycles. The van der Waals surface area contributed by atoms with Crippen LogP contribution in [0.1, 0.15) is 31.2 Å². The number of carbonyl (C=O) groups excluding carboxylic acids is 1. The largest absolute Gasteiger partial charge is 0.340 e. The first-order chi connectivity index (χ1) is 13.6. The van der Waals surface area contributed by atoms with Gasteiger partial charge in [-0.25, -0.2) is 0 Å². The molecule has 28 heavy (non-hydrogen) atoms. The highest BCUT2D eigenvalue weighted by atomic mass is 16.5. The van der Waals surface area contributed by atoms with E-state index in [1.54, 1.807) is 0 Å². The number of piperidine rings is 1. The molecule has 1 aromatic heterocycles. The second kappa shape index (κ2) is 8.41. The van der Waals surface area contributed by atoms with Crippen molar-refractivity contribution in [1.29, 1.82) is 0 Å². The Morgan fingerprint density at radius 2 is 1.96 bits per heavy atom. The number of hydrogen-bond donors (Lipinski definition) is 1. The Balaban J connectivity index is 1.29. The van der Waals surface area contributed by atoms with Gasteiger partial charge in [0.15, 0.2) is 0 Å². The Hall–Kier alpha value is -2.25. The van der Waals surface area contributed by atoms with Crippen LogP contribution in [0.4, 0.5) is 0 Å². The van der Waals surface area contributed by atoms with Gasteiger partial charge in [0, 0.05) is 43.7 Å². The molecular formula is C21H29N5O2. The van der Waals surface area contributed by atoms with Gasteiger partial charge in [0.1, 0.15) is 0 Å². The highest BCUT2D eigenvalue weighted by molar-refractivity contribution is 5.79. The van der Waals surface area contributed by atoms with Crippen molar-refractivity contribution >= 4 is 5.91 Å². The molecule has 2 atom stereocenters. The Bertz CT molecular complexity index is 795. The van der Waals surface area contributed by atoms with Crippen LogP contribution in [0.3, 0.4) is 0 Å². The number of nitrogens with one attached hydrogen (secondary N) is 1. The SMILES string of the molecule is Cc1ccc(-c2noc(CN3CCN(C(=O)[C@H]4CCN[C@@H](C)C4)CC3)n2)cc1. The van der Waals surface area contributed by atoms with Crippen molar-refractivity contribution in [2.45, 2.75) is 39.3 Å². The summed E-state index contributed by atoms with van der Waals surface area (Å²) in [6.07, 6.45) is 1.90. The number of aryl methyl sites for hydroxylation is 1. The van der Waals surface area contributed by atoms with E-state index in [0.29, 0.717) is 30.2 Å². The van der Waals surface area contributed by atoms with Crippen LogP contribution in [0.15, 0.2) is 28.8 Å². The molecule has 0 spiro atoms. The molecule has 2 aliphatic rings. The average Bonchev–Trinajstić information content (AvgIpc) is 3.17. The van der Waals surface area contributed by atoms with Crippen LogP contribution < -0.4 is 5.32 Å². The van der Waals surface area contributed by atoms with Crippen molar-refractivity contribution in [3.63, 3.8) is 0 Å². The summed E-state index contributed by atoms with van der Waals surface area (Å²) < 4.78 is 5.44. The maximum atomic E-state index is 12.8. The molecule has 0 radical (unpaired) electrons. The van der Waals surface area contributed by atoms with E-state index in [1.165, 1.54) is 5.56 Å². The molecule has 1 aromatic carbocycles. The average molecular weight is 383 g/mol. The number of carbonyl (C=O) groups is 1. The van der Waals surface area contributed by atoms with E-state index in [0.717, 1.165) is 51.1 Å². The molecule has 1 amide bonds. The number of rotatable bonds is 4. The van der Waals surface area contributed by atoms with E-state index >= 15 is 0 Å². The topological polar surface area (TPSA) is 74.5 Å². The molecule has 7 nitrogen and oxygen atoms in total. The van der Waals surface area contributed by atoms with Crippen LogP contribution in [0.2, 0.25) is 0 Å². The number of piperazine rings is 1. The van der Waals surface area contributed by atoms with Crippen molar-refractivity contribution in [3.8, 4) is 11.4 Å². The van der Waals surface area contributed by atoms with Gasteiger partial charge in [0.25, 0.3) is 0 Å². The summed E-state index contributed by atoms with van der Waals surface area (Å²) >= 11 is 0. The lowest BCUT2D eigenvalue weighted by Crippen LogP contribution is -2.51. The van der Waals surface area contributed by atoms with Gasteiger partial charge in [-0.1, -0.05) is 35.0 Å². The third-order valence-electron chi connectivity index (χ3n) is 5.79. The Morgan fingerprint density at radius 3 is 2.68 bits per heavy atom. The molecule has 7 heteroatoms. The highest BCUT2D eigenvalue weighted by Crippen LogP contribution is 2.21. The molecule has 2 aromatic rings. The predicted octanol–water partition coefficient (Wildman–Crippen LogP) is 2.08. The first-order valence-corrected chi connectivity index (χ1v) is 10.2. The number of amides is 1. The molecular weight excluding hydrogens is 354 g/mol. The van der Waals surface area contributed by atoms with Crippen LogP contribution in [0, 0.1) is 12.8 Å². The van der Waals surface area contributed by atoms with E-state index in [4.69, 9.17) is 4.52 Å². The van der Waals surface area contributed by atoms with E-state index in [1.807, 2.05) is 29.2 Å². The lowest BCUT2D eigenvalue weighted by atomic mass is 9.92. The fourth-order valence-electron chi connectivity index (χ4n) is 4.07. The van der Waals surface area contributed by atoms with Crippen molar-refractivity contribution in [2.24, 2.45) is 5.92 Å². The van der Waals surface area contributed by atoms with Crippen molar-refractivity contribution < 1.29 is 9.32 Å². The zero-order valence-electron chi connectivity index (χ0n) is 16.7. The Morgan fingerprint density at radius 1 is 1.21 bits per heavy atom. The lowest BCUT2D eigenvalue weighted by molar-refractivity contribution is -0.138. The van der Waals surface area contributed by atoms with Gasteiger partial charge in [-0.2, -0.15) is 4.98 Å². The number of nitrogens with zero attached hydrogens (tertiary/aromatic N) is 4. The maximum Gasteiger partial charge on any atom is 0.241 e. The summed E-state index contributed by atoms with van der Waals surface area (Å²) in [4.78, 5) is 21.6. The van der Waals surface area contributed by atoms with Gasteiger partial charge >= 0.3 is 0 Å². The van der Waals surface area contributed by atoms with Crippen LogP contribution in [-0.4, -0.2) is 64.6 Å². The van der Waals surface area contributed by atoms with Gasteiger partial charge in [0.05, 0.1) is 6.54 Å². The predicted molar refractivity (Wildman–Crippen MR) is 107 cm³/mol. The molecule has 0 saturated carbocycles. The Kier molecular flexibility index (Phi) is 5.73. The number of aromatic nitrogens is 2. The Labute approximate surface area is 166 Å².